The third kappa shape index (κ3) is 4.35. The van der Waals surface area contributed by atoms with Crippen molar-refractivity contribution in [2.75, 3.05) is 0 Å². The van der Waals surface area contributed by atoms with Gasteiger partial charge in [0.05, 0.1) is 6.21 Å². The lowest BCUT2D eigenvalue weighted by atomic mass is 10.2. The fraction of sp³-hybridized carbons (Fsp3) is 0.125. The summed E-state index contributed by atoms with van der Waals surface area (Å²) in [4.78, 5) is 11.8. The Labute approximate surface area is 122 Å². The zero-order valence-corrected chi connectivity index (χ0v) is 11.6. The van der Waals surface area contributed by atoms with Crippen molar-refractivity contribution in [2.45, 2.75) is 13.0 Å². The minimum absolute atomic E-state index is 0.101. The molecule has 21 heavy (non-hydrogen) atoms. The van der Waals surface area contributed by atoms with Crippen LogP contribution >= 0.6 is 0 Å². The van der Waals surface area contributed by atoms with Crippen LogP contribution in [0.4, 0.5) is 0 Å². The number of ether oxygens (including phenoxy) is 1. The van der Waals surface area contributed by atoms with Gasteiger partial charge in [-0.05, 0) is 31.2 Å². The lowest BCUT2D eigenvalue weighted by Gasteiger charge is -2.12. The summed E-state index contributed by atoms with van der Waals surface area (Å²) < 4.78 is 5.47. The molecule has 0 aliphatic rings. The molecule has 108 valence electrons. The summed E-state index contributed by atoms with van der Waals surface area (Å²) >= 11 is 0. The third-order valence-electron chi connectivity index (χ3n) is 2.74. The number of para-hydroxylation sites is 2. The number of phenolic OH excluding ortho intramolecular Hbond substituents is 1. The number of nitrogens with one attached hydrogen (secondary N) is 1. The zero-order chi connectivity index (χ0) is 15.1. The van der Waals surface area contributed by atoms with Crippen molar-refractivity contribution in [3.63, 3.8) is 0 Å². The summed E-state index contributed by atoms with van der Waals surface area (Å²) in [6.07, 6.45) is 0.705. The molecule has 0 aromatic heterocycles. The fourth-order valence-electron chi connectivity index (χ4n) is 1.61. The Morgan fingerprint density at radius 1 is 1.19 bits per heavy atom. The van der Waals surface area contributed by atoms with Gasteiger partial charge in [-0.3, -0.25) is 4.79 Å². The maximum atomic E-state index is 11.8. The first-order chi connectivity index (χ1) is 10.2. The maximum absolute atomic E-state index is 11.8. The van der Waals surface area contributed by atoms with Gasteiger partial charge < -0.3 is 9.84 Å². The topological polar surface area (TPSA) is 70.9 Å². The van der Waals surface area contributed by atoms with Crippen LogP contribution in [0.15, 0.2) is 59.7 Å². The molecule has 0 heterocycles. The number of nitrogens with zero attached hydrogens (tertiary/aromatic N) is 1. The van der Waals surface area contributed by atoms with E-state index in [0.29, 0.717) is 11.3 Å². The second-order valence-electron chi connectivity index (χ2n) is 4.37. The minimum atomic E-state index is -0.672. The van der Waals surface area contributed by atoms with E-state index in [-0.39, 0.29) is 11.7 Å². The third-order valence-corrected chi connectivity index (χ3v) is 2.74. The standard InChI is InChI=1S/C16H16N2O3/c1-12(21-14-8-3-2-4-9-14)16(20)18-17-11-13-7-5-6-10-15(13)19/h2-12,19H,1H3,(H,18,20)/b17-11-/t12-/m1/s1. The number of carbonyl (C=O) groups excluding carboxylic acids is 1. The molecule has 0 saturated heterocycles. The zero-order valence-electron chi connectivity index (χ0n) is 11.6. The van der Waals surface area contributed by atoms with Crippen molar-refractivity contribution in [1.82, 2.24) is 5.43 Å². The van der Waals surface area contributed by atoms with Gasteiger partial charge in [0.25, 0.3) is 5.91 Å². The number of phenols is 1. The fourth-order valence-corrected chi connectivity index (χ4v) is 1.61. The molecule has 2 N–H and O–H groups in total. The Kier molecular flexibility index (Phi) is 4.93. The Morgan fingerprint density at radius 2 is 1.86 bits per heavy atom. The second kappa shape index (κ2) is 7.09. The SMILES string of the molecule is C[C@@H](Oc1ccccc1)C(=O)N/N=C\c1ccccc1O. The van der Waals surface area contributed by atoms with Crippen molar-refractivity contribution in [2.24, 2.45) is 5.10 Å². The van der Waals surface area contributed by atoms with Gasteiger partial charge in [-0.1, -0.05) is 30.3 Å². The molecule has 2 rings (SSSR count). The summed E-state index contributed by atoms with van der Waals surface area (Å²) in [5.41, 5.74) is 2.90. The highest BCUT2D eigenvalue weighted by Crippen LogP contribution is 2.13. The maximum Gasteiger partial charge on any atom is 0.280 e. The van der Waals surface area contributed by atoms with Crippen molar-refractivity contribution >= 4 is 12.1 Å². The molecular weight excluding hydrogens is 268 g/mol. The number of rotatable bonds is 5. The monoisotopic (exact) mass is 284 g/mol. The summed E-state index contributed by atoms with van der Waals surface area (Å²) in [5.74, 6) is 0.347. The lowest BCUT2D eigenvalue weighted by Crippen LogP contribution is -2.33. The Balaban J connectivity index is 1.88. The number of carbonyl (C=O) groups is 1. The number of benzene rings is 2. The average Bonchev–Trinajstić information content (AvgIpc) is 2.50. The van der Waals surface area contributed by atoms with Crippen LogP contribution in [-0.4, -0.2) is 23.3 Å². The van der Waals surface area contributed by atoms with Gasteiger partial charge in [0, 0.05) is 5.56 Å². The number of hydrogen-bond donors (Lipinski definition) is 2. The first kappa shape index (κ1) is 14.6. The molecule has 0 unspecified atom stereocenters. The van der Waals surface area contributed by atoms with Gasteiger partial charge in [-0.25, -0.2) is 5.43 Å². The van der Waals surface area contributed by atoms with Gasteiger partial charge in [-0.15, -0.1) is 0 Å². The molecule has 0 bridgehead atoms. The van der Waals surface area contributed by atoms with Crippen LogP contribution in [0, 0.1) is 0 Å². The number of hydrazone groups is 1. The predicted molar refractivity (Wildman–Crippen MR) is 80.4 cm³/mol. The van der Waals surface area contributed by atoms with Crippen molar-refractivity contribution in [1.29, 1.82) is 0 Å². The molecule has 1 atom stereocenters. The van der Waals surface area contributed by atoms with Gasteiger partial charge >= 0.3 is 0 Å². The van der Waals surface area contributed by atoms with Crippen molar-refractivity contribution in [3.8, 4) is 11.5 Å². The molecule has 0 radical (unpaired) electrons. The minimum Gasteiger partial charge on any atom is -0.507 e. The highest BCUT2D eigenvalue weighted by molar-refractivity contribution is 5.86. The molecule has 2 aromatic rings. The first-order valence-electron chi connectivity index (χ1n) is 6.49. The molecule has 5 nitrogen and oxygen atoms in total. The van der Waals surface area contributed by atoms with E-state index >= 15 is 0 Å². The van der Waals surface area contributed by atoms with Crippen LogP contribution in [-0.2, 0) is 4.79 Å². The van der Waals surface area contributed by atoms with E-state index in [1.807, 2.05) is 18.2 Å². The van der Waals surface area contributed by atoms with E-state index in [2.05, 4.69) is 10.5 Å². The van der Waals surface area contributed by atoms with Crippen LogP contribution < -0.4 is 10.2 Å². The molecule has 0 saturated carbocycles. The normalized spacial score (nSPS) is 12.0. The molecular formula is C16H16N2O3. The Morgan fingerprint density at radius 3 is 2.57 bits per heavy atom. The number of amides is 1. The quantitative estimate of drug-likeness (QED) is 0.654. The predicted octanol–water partition coefficient (Wildman–Crippen LogP) is 2.31. The van der Waals surface area contributed by atoms with E-state index < -0.39 is 6.10 Å². The van der Waals surface area contributed by atoms with Crippen LogP contribution in [0.5, 0.6) is 11.5 Å². The van der Waals surface area contributed by atoms with Gasteiger partial charge in [-0.2, -0.15) is 5.10 Å². The highest BCUT2D eigenvalue weighted by atomic mass is 16.5. The molecule has 1 amide bonds. The number of hydrogen-bond acceptors (Lipinski definition) is 4. The van der Waals surface area contributed by atoms with Crippen molar-refractivity contribution in [3.05, 3.63) is 60.2 Å². The molecule has 2 aromatic carbocycles. The van der Waals surface area contributed by atoms with E-state index in [4.69, 9.17) is 4.74 Å². The van der Waals surface area contributed by atoms with Crippen LogP contribution in [0.25, 0.3) is 0 Å². The molecule has 0 spiro atoms. The number of aromatic hydroxyl groups is 1. The highest BCUT2D eigenvalue weighted by Gasteiger charge is 2.13. The molecule has 0 fully saturated rings. The summed E-state index contributed by atoms with van der Waals surface area (Å²) in [7, 11) is 0. The lowest BCUT2D eigenvalue weighted by molar-refractivity contribution is -0.127. The van der Waals surface area contributed by atoms with Gasteiger partial charge in [0.1, 0.15) is 11.5 Å². The van der Waals surface area contributed by atoms with Gasteiger partial charge in [0.15, 0.2) is 6.10 Å². The van der Waals surface area contributed by atoms with Crippen LogP contribution in [0.2, 0.25) is 0 Å². The molecule has 0 aliphatic heterocycles. The average molecular weight is 284 g/mol. The Bertz CT molecular complexity index is 626. The van der Waals surface area contributed by atoms with E-state index in [1.54, 1.807) is 43.3 Å². The largest absolute Gasteiger partial charge is 0.507 e. The van der Waals surface area contributed by atoms with E-state index in [0.717, 1.165) is 0 Å². The van der Waals surface area contributed by atoms with E-state index in [9.17, 15) is 9.90 Å². The summed E-state index contributed by atoms with van der Waals surface area (Å²) in [6, 6.07) is 15.8. The van der Waals surface area contributed by atoms with Gasteiger partial charge in [0.2, 0.25) is 0 Å². The molecule has 5 heteroatoms. The first-order valence-corrected chi connectivity index (χ1v) is 6.49. The second-order valence-corrected chi connectivity index (χ2v) is 4.37. The van der Waals surface area contributed by atoms with Crippen LogP contribution in [0.3, 0.4) is 0 Å². The molecule has 0 aliphatic carbocycles. The smallest absolute Gasteiger partial charge is 0.280 e. The van der Waals surface area contributed by atoms with Crippen molar-refractivity contribution < 1.29 is 14.6 Å². The van der Waals surface area contributed by atoms with Crippen LogP contribution in [0.1, 0.15) is 12.5 Å². The Hall–Kier alpha value is -2.82. The summed E-state index contributed by atoms with van der Waals surface area (Å²) in [6.45, 7) is 1.64. The van der Waals surface area contributed by atoms with E-state index in [1.165, 1.54) is 6.21 Å². The summed E-state index contributed by atoms with van der Waals surface area (Å²) in [5, 5.41) is 13.4.